The van der Waals surface area contributed by atoms with E-state index in [0.29, 0.717) is 33.6 Å². The Morgan fingerprint density at radius 2 is 1.73 bits per heavy atom. The topological polar surface area (TPSA) is 119 Å². The van der Waals surface area contributed by atoms with Gasteiger partial charge in [0, 0.05) is 46.0 Å². The third-order valence-electron chi connectivity index (χ3n) is 4.86. The predicted molar refractivity (Wildman–Crippen MR) is 124 cm³/mol. The number of rotatable bonds is 7. The Balaban J connectivity index is 1.73. The lowest BCUT2D eigenvalue weighted by Crippen LogP contribution is -1.95. The van der Waals surface area contributed by atoms with E-state index in [-0.39, 0.29) is 11.3 Å². The van der Waals surface area contributed by atoms with Crippen LogP contribution in [0.4, 0.5) is 5.69 Å². The highest BCUT2D eigenvalue weighted by molar-refractivity contribution is 7.98. The van der Waals surface area contributed by atoms with E-state index in [1.54, 1.807) is 24.3 Å². The standard InChI is InChI=1S/C24H19N3O5S/c1-14-10-15(2)26-24(25-14)33-13-19-12-21(18-4-3-5-20(11-18)27(30)31)32-22(19)16-6-8-17(9-7-16)23(28)29/h3-12H,13H2,1-2H3,(H,28,29). The molecule has 0 aliphatic heterocycles. The van der Waals surface area contributed by atoms with Crippen LogP contribution < -0.4 is 0 Å². The number of non-ortho nitro benzene ring substituents is 1. The summed E-state index contributed by atoms with van der Waals surface area (Å²) in [6.07, 6.45) is 0. The number of carbonyl (C=O) groups is 1. The molecule has 0 radical (unpaired) electrons. The summed E-state index contributed by atoms with van der Waals surface area (Å²) in [5, 5.41) is 21.0. The first-order chi connectivity index (χ1) is 15.8. The van der Waals surface area contributed by atoms with E-state index in [1.807, 2.05) is 26.0 Å². The molecule has 0 aliphatic rings. The Morgan fingerprint density at radius 3 is 2.36 bits per heavy atom. The molecule has 0 saturated heterocycles. The number of benzene rings is 2. The second kappa shape index (κ2) is 9.25. The lowest BCUT2D eigenvalue weighted by atomic mass is 10.1. The van der Waals surface area contributed by atoms with Crippen LogP contribution in [0.2, 0.25) is 0 Å². The van der Waals surface area contributed by atoms with Gasteiger partial charge in [-0.25, -0.2) is 14.8 Å². The summed E-state index contributed by atoms with van der Waals surface area (Å²) in [4.78, 5) is 30.9. The van der Waals surface area contributed by atoms with Crippen LogP contribution in [0.5, 0.6) is 0 Å². The van der Waals surface area contributed by atoms with Crippen molar-refractivity contribution in [3.8, 4) is 22.6 Å². The number of nitro benzene ring substituents is 1. The van der Waals surface area contributed by atoms with E-state index in [9.17, 15) is 20.0 Å². The lowest BCUT2D eigenvalue weighted by molar-refractivity contribution is -0.384. The van der Waals surface area contributed by atoms with Crippen LogP contribution >= 0.6 is 11.8 Å². The van der Waals surface area contributed by atoms with Crippen molar-refractivity contribution in [2.24, 2.45) is 0 Å². The van der Waals surface area contributed by atoms with E-state index in [2.05, 4.69) is 9.97 Å². The van der Waals surface area contributed by atoms with Gasteiger partial charge in [0.05, 0.1) is 10.5 Å². The number of furan rings is 1. The summed E-state index contributed by atoms with van der Waals surface area (Å²) in [5.41, 5.74) is 4.00. The summed E-state index contributed by atoms with van der Waals surface area (Å²) in [6, 6.07) is 16.4. The minimum Gasteiger partial charge on any atom is -0.478 e. The van der Waals surface area contributed by atoms with Gasteiger partial charge in [-0.15, -0.1) is 0 Å². The fourth-order valence-corrected chi connectivity index (χ4v) is 4.28. The number of hydrogen-bond donors (Lipinski definition) is 1. The normalized spacial score (nSPS) is 10.8. The maximum Gasteiger partial charge on any atom is 0.335 e. The summed E-state index contributed by atoms with van der Waals surface area (Å²) in [7, 11) is 0. The zero-order valence-electron chi connectivity index (χ0n) is 17.8. The highest BCUT2D eigenvalue weighted by Crippen LogP contribution is 2.36. The van der Waals surface area contributed by atoms with Crippen LogP contribution in [-0.2, 0) is 5.75 Å². The molecule has 0 atom stereocenters. The molecule has 2 heterocycles. The van der Waals surface area contributed by atoms with Crippen molar-refractivity contribution in [2.45, 2.75) is 24.8 Å². The second-order valence-corrected chi connectivity index (χ2v) is 8.32. The quantitative estimate of drug-likeness (QED) is 0.156. The number of aromatic carboxylic acids is 1. The molecule has 8 nitrogen and oxygen atoms in total. The molecule has 2 aromatic carbocycles. The number of thioether (sulfide) groups is 1. The summed E-state index contributed by atoms with van der Waals surface area (Å²) >= 11 is 1.45. The third kappa shape index (κ3) is 5.09. The molecule has 0 fully saturated rings. The molecule has 0 saturated carbocycles. The number of nitro groups is 1. The molecule has 0 amide bonds. The Kier molecular flexibility index (Phi) is 6.23. The van der Waals surface area contributed by atoms with Gasteiger partial charge in [0.2, 0.25) is 0 Å². The molecule has 0 unspecified atom stereocenters. The molecule has 1 N–H and O–H groups in total. The number of aromatic nitrogens is 2. The highest BCUT2D eigenvalue weighted by Gasteiger charge is 2.18. The molecular formula is C24H19N3O5S. The molecule has 9 heteroatoms. The van der Waals surface area contributed by atoms with E-state index in [0.717, 1.165) is 17.0 Å². The maximum atomic E-state index is 11.2. The molecule has 33 heavy (non-hydrogen) atoms. The van der Waals surface area contributed by atoms with Gasteiger partial charge in [0.15, 0.2) is 5.16 Å². The van der Waals surface area contributed by atoms with Crippen LogP contribution in [0.3, 0.4) is 0 Å². The van der Waals surface area contributed by atoms with Crippen LogP contribution in [0.15, 0.2) is 70.2 Å². The highest BCUT2D eigenvalue weighted by atomic mass is 32.2. The molecule has 2 aromatic heterocycles. The van der Waals surface area contributed by atoms with Crippen molar-refractivity contribution < 1.29 is 19.2 Å². The fraction of sp³-hybridized carbons (Fsp3) is 0.125. The van der Waals surface area contributed by atoms with E-state index in [1.165, 1.54) is 36.0 Å². The van der Waals surface area contributed by atoms with Gasteiger partial charge in [0.1, 0.15) is 11.5 Å². The molecule has 4 aromatic rings. The molecule has 0 spiro atoms. The number of carboxylic acid groups (broad SMARTS) is 1. The van der Waals surface area contributed by atoms with Gasteiger partial charge < -0.3 is 9.52 Å². The molecule has 0 aliphatic carbocycles. The largest absolute Gasteiger partial charge is 0.478 e. The van der Waals surface area contributed by atoms with Crippen molar-refractivity contribution in [3.63, 3.8) is 0 Å². The summed E-state index contributed by atoms with van der Waals surface area (Å²) in [6.45, 7) is 3.82. The second-order valence-electron chi connectivity index (χ2n) is 7.38. The average molecular weight is 461 g/mol. The van der Waals surface area contributed by atoms with Crippen molar-refractivity contribution in [1.29, 1.82) is 0 Å². The first-order valence-electron chi connectivity index (χ1n) is 9.96. The first kappa shape index (κ1) is 22.2. The van der Waals surface area contributed by atoms with Crippen LogP contribution in [0, 0.1) is 24.0 Å². The Morgan fingerprint density at radius 1 is 1.03 bits per heavy atom. The molecule has 0 bridgehead atoms. The van der Waals surface area contributed by atoms with Gasteiger partial charge in [-0.3, -0.25) is 10.1 Å². The Bertz CT molecular complexity index is 1330. The zero-order chi connectivity index (χ0) is 23.5. The summed E-state index contributed by atoms with van der Waals surface area (Å²) in [5.74, 6) is 0.524. The zero-order valence-corrected chi connectivity index (χ0v) is 18.6. The predicted octanol–water partition coefficient (Wildman–Crippen LogP) is 5.92. The number of hydrogen-bond acceptors (Lipinski definition) is 7. The van der Waals surface area contributed by atoms with Crippen LogP contribution in [-0.4, -0.2) is 26.0 Å². The van der Waals surface area contributed by atoms with Gasteiger partial charge in [-0.05, 0) is 38.1 Å². The number of nitrogens with zero attached hydrogens (tertiary/aromatic N) is 3. The van der Waals surface area contributed by atoms with Crippen LogP contribution in [0.1, 0.15) is 27.3 Å². The Hall–Kier alpha value is -3.98. The molecule has 4 rings (SSSR count). The Labute approximate surface area is 193 Å². The minimum absolute atomic E-state index is 0.0316. The van der Waals surface area contributed by atoms with E-state index >= 15 is 0 Å². The lowest BCUT2D eigenvalue weighted by Gasteiger charge is -2.05. The van der Waals surface area contributed by atoms with E-state index in [4.69, 9.17) is 4.42 Å². The minimum atomic E-state index is -1.01. The van der Waals surface area contributed by atoms with Crippen LogP contribution in [0.25, 0.3) is 22.6 Å². The van der Waals surface area contributed by atoms with Crippen molar-refractivity contribution in [2.75, 3.05) is 0 Å². The van der Waals surface area contributed by atoms with Gasteiger partial charge in [-0.1, -0.05) is 36.0 Å². The SMILES string of the molecule is Cc1cc(C)nc(SCc2cc(-c3cccc([N+](=O)[O-])c3)oc2-c2ccc(C(=O)O)cc2)n1. The number of aryl methyl sites for hydroxylation is 2. The van der Waals surface area contributed by atoms with Crippen molar-refractivity contribution in [3.05, 3.63) is 93.3 Å². The molecular weight excluding hydrogens is 442 g/mol. The fourth-order valence-electron chi connectivity index (χ4n) is 3.36. The first-order valence-corrected chi connectivity index (χ1v) is 10.9. The van der Waals surface area contributed by atoms with Gasteiger partial charge >= 0.3 is 5.97 Å². The average Bonchev–Trinajstić information content (AvgIpc) is 3.21. The van der Waals surface area contributed by atoms with E-state index < -0.39 is 10.9 Å². The van der Waals surface area contributed by atoms with Gasteiger partial charge in [-0.2, -0.15) is 0 Å². The number of carboxylic acids is 1. The monoisotopic (exact) mass is 461 g/mol. The maximum absolute atomic E-state index is 11.2. The smallest absolute Gasteiger partial charge is 0.335 e. The van der Waals surface area contributed by atoms with Crippen molar-refractivity contribution in [1.82, 2.24) is 9.97 Å². The summed E-state index contributed by atoms with van der Waals surface area (Å²) < 4.78 is 6.13. The third-order valence-corrected chi connectivity index (χ3v) is 5.76. The van der Waals surface area contributed by atoms with Crippen molar-refractivity contribution >= 4 is 23.4 Å². The molecule has 166 valence electrons. The van der Waals surface area contributed by atoms with Gasteiger partial charge in [0.25, 0.3) is 5.69 Å².